The number of hydrogen-bond donors (Lipinski definition) is 3. The fourth-order valence-corrected chi connectivity index (χ4v) is 3.06. The molecule has 4 N–H and O–H groups in total. The summed E-state index contributed by atoms with van der Waals surface area (Å²) in [7, 11) is 0. The third-order valence-electron chi connectivity index (χ3n) is 3.37. The number of hydrogen-bond acceptors (Lipinski definition) is 4. The predicted molar refractivity (Wildman–Crippen MR) is 93.4 cm³/mol. The minimum absolute atomic E-state index is 0. The van der Waals surface area contributed by atoms with Crippen molar-refractivity contribution in [1.29, 1.82) is 0 Å². The van der Waals surface area contributed by atoms with E-state index in [0.29, 0.717) is 0 Å². The van der Waals surface area contributed by atoms with E-state index in [1.54, 1.807) is 11.3 Å². The summed E-state index contributed by atoms with van der Waals surface area (Å²) in [6.45, 7) is 9.71. The first-order valence-corrected chi connectivity index (χ1v) is 7.93. The molecule has 7 heteroatoms. The number of carbonyl (C=O) groups is 2. The summed E-state index contributed by atoms with van der Waals surface area (Å²) in [6, 6.07) is 1.42. The minimum atomic E-state index is -0.586. The molecule has 0 aromatic carbocycles. The summed E-state index contributed by atoms with van der Waals surface area (Å²) >= 11 is 1.71. The lowest BCUT2D eigenvalue weighted by Crippen LogP contribution is -2.47. The van der Waals surface area contributed by atoms with Gasteiger partial charge in [-0.2, -0.15) is 0 Å². The molecule has 1 heterocycles. The van der Waals surface area contributed by atoms with Gasteiger partial charge in [0.2, 0.25) is 11.8 Å². The van der Waals surface area contributed by atoms with E-state index in [0.717, 1.165) is 5.56 Å². The molecule has 1 aromatic heterocycles. The summed E-state index contributed by atoms with van der Waals surface area (Å²) in [5, 5.41) is 5.45. The number of halogens is 1. The Bertz CT molecular complexity index is 517. The van der Waals surface area contributed by atoms with Crippen molar-refractivity contribution < 1.29 is 9.59 Å². The van der Waals surface area contributed by atoms with Crippen molar-refractivity contribution in [1.82, 2.24) is 10.6 Å². The van der Waals surface area contributed by atoms with Crippen LogP contribution in [0, 0.1) is 19.8 Å². The monoisotopic (exact) mass is 347 g/mol. The third kappa shape index (κ3) is 5.94. The first-order valence-electron chi connectivity index (χ1n) is 7.12. The number of carbonyl (C=O) groups excluding carboxylic acids is 2. The van der Waals surface area contributed by atoms with Crippen molar-refractivity contribution in [3.8, 4) is 0 Å². The van der Waals surface area contributed by atoms with Crippen LogP contribution >= 0.6 is 23.7 Å². The summed E-state index contributed by atoms with van der Waals surface area (Å²) in [5.74, 6) is -0.464. The Morgan fingerprint density at radius 2 is 1.86 bits per heavy atom. The second kappa shape index (κ2) is 9.12. The fraction of sp³-hybridized carbons (Fsp3) is 0.600. The Morgan fingerprint density at radius 3 is 2.32 bits per heavy atom. The van der Waals surface area contributed by atoms with Crippen molar-refractivity contribution >= 4 is 35.6 Å². The van der Waals surface area contributed by atoms with Gasteiger partial charge in [0.25, 0.3) is 0 Å². The lowest BCUT2D eigenvalue weighted by atomic mass is 10.1. The Morgan fingerprint density at radius 1 is 1.27 bits per heavy atom. The highest BCUT2D eigenvalue weighted by Crippen LogP contribution is 2.25. The van der Waals surface area contributed by atoms with Crippen LogP contribution in [0.2, 0.25) is 0 Å². The molecule has 0 bridgehead atoms. The zero-order valence-corrected chi connectivity index (χ0v) is 15.4. The van der Waals surface area contributed by atoms with E-state index in [-0.39, 0.29) is 42.7 Å². The Hall–Kier alpha value is -1.11. The van der Waals surface area contributed by atoms with Gasteiger partial charge in [0.1, 0.15) is 0 Å². The average molecular weight is 348 g/mol. The molecular weight excluding hydrogens is 322 g/mol. The smallest absolute Gasteiger partial charge is 0.239 e. The van der Waals surface area contributed by atoms with E-state index in [9.17, 15) is 9.59 Å². The Labute approximate surface area is 142 Å². The quantitative estimate of drug-likeness (QED) is 0.736. The van der Waals surface area contributed by atoms with E-state index in [1.807, 2.05) is 34.6 Å². The van der Waals surface area contributed by atoms with Crippen LogP contribution in [0.5, 0.6) is 0 Å². The van der Waals surface area contributed by atoms with E-state index in [1.165, 1.54) is 9.75 Å². The maximum atomic E-state index is 11.9. The summed E-state index contributed by atoms with van der Waals surface area (Å²) in [4.78, 5) is 26.0. The highest BCUT2D eigenvalue weighted by atomic mass is 35.5. The van der Waals surface area contributed by atoms with Gasteiger partial charge in [-0.1, -0.05) is 13.8 Å². The van der Waals surface area contributed by atoms with E-state index < -0.39 is 6.04 Å². The minimum Gasteiger partial charge on any atom is -0.348 e. The lowest BCUT2D eigenvalue weighted by Gasteiger charge is -2.17. The van der Waals surface area contributed by atoms with Crippen LogP contribution in [-0.4, -0.2) is 24.4 Å². The Balaban J connectivity index is 0.00000441. The molecule has 0 spiro atoms. The predicted octanol–water partition coefficient (Wildman–Crippen LogP) is 2.06. The van der Waals surface area contributed by atoms with Crippen LogP contribution in [0.25, 0.3) is 0 Å². The molecule has 1 unspecified atom stereocenters. The lowest BCUT2D eigenvalue weighted by molar-refractivity contribution is -0.127. The zero-order chi connectivity index (χ0) is 16.2. The van der Waals surface area contributed by atoms with Gasteiger partial charge in [-0.05, 0) is 38.3 Å². The number of aryl methyl sites for hydroxylation is 2. The van der Waals surface area contributed by atoms with Gasteiger partial charge < -0.3 is 16.4 Å². The first-order chi connectivity index (χ1) is 9.72. The van der Waals surface area contributed by atoms with Gasteiger partial charge in [-0.3, -0.25) is 9.59 Å². The molecule has 0 aliphatic rings. The summed E-state index contributed by atoms with van der Waals surface area (Å²) < 4.78 is 0. The van der Waals surface area contributed by atoms with E-state index in [4.69, 9.17) is 5.73 Å². The van der Waals surface area contributed by atoms with Gasteiger partial charge in [-0.25, -0.2) is 0 Å². The highest BCUT2D eigenvalue weighted by molar-refractivity contribution is 7.12. The first kappa shape index (κ1) is 20.9. The van der Waals surface area contributed by atoms with Gasteiger partial charge >= 0.3 is 0 Å². The van der Waals surface area contributed by atoms with E-state index in [2.05, 4.69) is 16.7 Å². The molecule has 1 aromatic rings. The number of amides is 2. The van der Waals surface area contributed by atoms with Crippen molar-refractivity contribution in [3.63, 3.8) is 0 Å². The molecule has 22 heavy (non-hydrogen) atoms. The van der Waals surface area contributed by atoms with Crippen LogP contribution in [0.4, 0.5) is 0 Å². The molecule has 0 aliphatic carbocycles. The SMILES string of the molecule is Cc1cc(C(C)NC(=O)CNC(=O)[C@@H](N)C(C)C)c(C)s1.Cl. The number of nitrogens with two attached hydrogens (primary N) is 1. The van der Waals surface area contributed by atoms with Crippen LogP contribution in [0.3, 0.4) is 0 Å². The molecule has 126 valence electrons. The average Bonchev–Trinajstić information content (AvgIpc) is 2.74. The highest BCUT2D eigenvalue weighted by Gasteiger charge is 2.18. The summed E-state index contributed by atoms with van der Waals surface area (Å²) in [6.07, 6.45) is 0. The third-order valence-corrected chi connectivity index (χ3v) is 4.35. The Kier molecular flexibility index (Phi) is 8.66. The zero-order valence-electron chi connectivity index (χ0n) is 13.7. The van der Waals surface area contributed by atoms with Gasteiger partial charge in [-0.15, -0.1) is 23.7 Å². The van der Waals surface area contributed by atoms with Gasteiger partial charge in [0, 0.05) is 9.75 Å². The maximum Gasteiger partial charge on any atom is 0.239 e. The van der Waals surface area contributed by atoms with Crippen molar-refractivity contribution in [3.05, 3.63) is 21.4 Å². The molecular formula is C15H26ClN3O2S. The molecule has 0 radical (unpaired) electrons. The van der Waals surface area contributed by atoms with Crippen molar-refractivity contribution in [2.24, 2.45) is 11.7 Å². The summed E-state index contributed by atoms with van der Waals surface area (Å²) in [5.41, 5.74) is 6.84. The van der Waals surface area contributed by atoms with Crippen molar-refractivity contribution in [2.45, 2.75) is 46.7 Å². The molecule has 5 nitrogen and oxygen atoms in total. The molecule has 2 atom stereocenters. The number of rotatable bonds is 6. The van der Waals surface area contributed by atoms with Gasteiger partial charge in [0.15, 0.2) is 0 Å². The number of nitrogens with one attached hydrogen (secondary N) is 2. The molecule has 2 amide bonds. The topological polar surface area (TPSA) is 84.2 Å². The fourth-order valence-electron chi connectivity index (χ4n) is 2.04. The number of thiophene rings is 1. The molecule has 0 saturated heterocycles. The second-order valence-corrected chi connectivity index (χ2v) is 7.11. The van der Waals surface area contributed by atoms with Crippen LogP contribution in [0.15, 0.2) is 6.07 Å². The second-order valence-electron chi connectivity index (χ2n) is 5.65. The van der Waals surface area contributed by atoms with Crippen molar-refractivity contribution in [2.75, 3.05) is 6.54 Å². The largest absolute Gasteiger partial charge is 0.348 e. The molecule has 1 rings (SSSR count). The standard InChI is InChI=1S/C15H25N3O2S.ClH/c1-8(2)14(16)15(20)17-7-13(19)18-10(4)12-6-9(3)21-11(12)5;/h6,8,10,14H,7,16H2,1-5H3,(H,17,20)(H,18,19);1H/t10?,14-;/m0./s1. The molecule has 0 fully saturated rings. The maximum absolute atomic E-state index is 11.9. The molecule has 0 saturated carbocycles. The van der Waals surface area contributed by atoms with E-state index >= 15 is 0 Å². The molecule has 0 aliphatic heterocycles. The van der Waals surface area contributed by atoms with Crippen LogP contribution in [-0.2, 0) is 9.59 Å². The van der Waals surface area contributed by atoms with Crippen LogP contribution in [0.1, 0.15) is 42.1 Å². The van der Waals surface area contributed by atoms with Crippen LogP contribution < -0.4 is 16.4 Å². The normalized spacial score (nSPS) is 13.2. The van der Waals surface area contributed by atoms with Gasteiger partial charge in [0.05, 0.1) is 18.6 Å².